The minimum atomic E-state index is -0.301. The van der Waals surface area contributed by atoms with Crippen LogP contribution in [0.3, 0.4) is 0 Å². The van der Waals surface area contributed by atoms with Crippen molar-refractivity contribution in [2.24, 2.45) is 5.73 Å². The molecule has 0 bridgehead atoms. The summed E-state index contributed by atoms with van der Waals surface area (Å²) in [5, 5.41) is 0.621. The molecule has 2 rings (SSSR count). The Morgan fingerprint density at radius 1 is 1.59 bits per heavy atom. The van der Waals surface area contributed by atoms with Gasteiger partial charge in [0.2, 0.25) is 5.91 Å². The van der Waals surface area contributed by atoms with Crippen LogP contribution in [0.4, 0.5) is 5.69 Å². The maximum atomic E-state index is 11.4. The Balaban J connectivity index is 2.38. The third-order valence-electron chi connectivity index (χ3n) is 3.03. The Bertz CT molecular complexity index is 437. The van der Waals surface area contributed by atoms with Crippen LogP contribution in [0.2, 0.25) is 5.02 Å². The van der Waals surface area contributed by atoms with E-state index in [1.807, 2.05) is 11.0 Å². The first-order valence-corrected chi connectivity index (χ1v) is 5.91. The van der Waals surface area contributed by atoms with Crippen molar-refractivity contribution < 1.29 is 9.53 Å². The first kappa shape index (κ1) is 12.0. The molecule has 1 atom stereocenters. The van der Waals surface area contributed by atoms with Crippen LogP contribution in [0.15, 0.2) is 18.2 Å². The highest BCUT2D eigenvalue weighted by Crippen LogP contribution is 2.35. The van der Waals surface area contributed by atoms with Crippen molar-refractivity contribution in [1.29, 1.82) is 0 Å². The van der Waals surface area contributed by atoms with Crippen LogP contribution in [-0.2, 0) is 4.79 Å². The highest BCUT2D eigenvalue weighted by Gasteiger charge is 2.30. The summed E-state index contributed by atoms with van der Waals surface area (Å²) in [6.45, 7) is 0.796. The lowest BCUT2D eigenvalue weighted by molar-refractivity contribution is -0.119. The molecule has 0 aliphatic carbocycles. The molecule has 0 radical (unpaired) electrons. The summed E-state index contributed by atoms with van der Waals surface area (Å²) in [6, 6.07) is 5.11. The number of hydrogen-bond acceptors (Lipinski definition) is 3. The minimum Gasteiger partial charge on any atom is -0.495 e. The maximum absolute atomic E-state index is 11.4. The number of halogens is 1. The number of carbonyl (C=O) groups excluding carboxylic acids is 1. The average Bonchev–Trinajstić information content (AvgIpc) is 2.77. The molecule has 5 heteroatoms. The summed E-state index contributed by atoms with van der Waals surface area (Å²) < 4.78 is 5.29. The Hall–Kier alpha value is -1.42. The van der Waals surface area contributed by atoms with E-state index in [0.717, 1.165) is 25.1 Å². The third-order valence-corrected chi connectivity index (χ3v) is 3.27. The molecule has 4 nitrogen and oxygen atoms in total. The van der Waals surface area contributed by atoms with Crippen molar-refractivity contribution in [3.63, 3.8) is 0 Å². The van der Waals surface area contributed by atoms with Crippen molar-refractivity contribution >= 4 is 23.2 Å². The van der Waals surface area contributed by atoms with Gasteiger partial charge in [-0.3, -0.25) is 4.79 Å². The van der Waals surface area contributed by atoms with Crippen LogP contribution in [0.5, 0.6) is 5.75 Å². The van der Waals surface area contributed by atoms with Crippen molar-refractivity contribution in [3.05, 3.63) is 23.2 Å². The predicted octanol–water partition coefficient (Wildman–Crippen LogP) is 1.80. The minimum absolute atomic E-state index is 0.262. The molecule has 92 valence electrons. The van der Waals surface area contributed by atoms with Gasteiger partial charge in [0.15, 0.2) is 0 Å². The number of ether oxygens (including phenoxy) is 1. The van der Waals surface area contributed by atoms with Gasteiger partial charge in [0, 0.05) is 11.6 Å². The lowest BCUT2D eigenvalue weighted by Gasteiger charge is -2.26. The van der Waals surface area contributed by atoms with Gasteiger partial charge in [0.25, 0.3) is 0 Å². The molecule has 1 aliphatic rings. The van der Waals surface area contributed by atoms with Crippen LogP contribution >= 0.6 is 11.6 Å². The fourth-order valence-corrected chi connectivity index (χ4v) is 2.40. The van der Waals surface area contributed by atoms with Gasteiger partial charge in [-0.05, 0) is 31.0 Å². The average molecular weight is 255 g/mol. The number of anilines is 1. The zero-order valence-electron chi connectivity index (χ0n) is 9.65. The molecule has 0 unspecified atom stereocenters. The Labute approximate surface area is 105 Å². The summed E-state index contributed by atoms with van der Waals surface area (Å²) in [5.41, 5.74) is 6.24. The number of rotatable bonds is 3. The lowest BCUT2D eigenvalue weighted by Crippen LogP contribution is -2.40. The SMILES string of the molecule is COc1ccc(Cl)cc1N1CCC[C@H]1C(N)=O. The van der Waals surface area contributed by atoms with Gasteiger partial charge >= 0.3 is 0 Å². The highest BCUT2D eigenvalue weighted by molar-refractivity contribution is 6.31. The second-order valence-electron chi connectivity index (χ2n) is 4.07. The summed E-state index contributed by atoms with van der Waals surface area (Å²) >= 11 is 5.98. The van der Waals surface area contributed by atoms with Crippen LogP contribution in [0.1, 0.15) is 12.8 Å². The van der Waals surface area contributed by atoms with Crippen molar-refractivity contribution in [2.45, 2.75) is 18.9 Å². The molecule has 17 heavy (non-hydrogen) atoms. The molecule has 1 fully saturated rings. The number of hydrogen-bond donors (Lipinski definition) is 1. The number of carbonyl (C=O) groups is 1. The van der Waals surface area contributed by atoms with Gasteiger partial charge in [-0.25, -0.2) is 0 Å². The van der Waals surface area contributed by atoms with Crippen molar-refractivity contribution in [1.82, 2.24) is 0 Å². The van der Waals surface area contributed by atoms with Gasteiger partial charge in [-0.15, -0.1) is 0 Å². The van der Waals surface area contributed by atoms with Crippen LogP contribution in [0.25, 0.3) is 0 Å². The zero-order chi connectivity index (χ0) is 12.4. The van der Waals surface area contributed by atoms with Crippen LogP contribution in [-0.4, -0.2) is 25.6 Å². The molecule has 0 spiro atoms. The monoisotopic (exact) mass is 254 g/mol. The summed E-state index contributed by atoms with van der Waals surface area (Å²) in [7, 11) is 1.60. The summed E-state index contributed by atoms with van der Waals surface area (Å²) in [4.78, 5) is 13.3. The molecule has 1 saturated heterocycles. The quantitative estimate of drug-likeness (QED) is 0.895. The number of amides is 1. The molecule has 1 heterocycles. The van der Waals surface area contributed by atoms with E-state index in [-0.39, 0.29) is 11.9 Å². The highest BCUT2D eigenvalue weighted by atomic mass is 35.5. The Morgan fingerprint density at radius 2 is 2.35 bits per heavy atom. The van der Waals surface area contributed by atoms with E-state index in [2.05, 4.69) is 0 Å². The molecular weight excluding hydrogens is 240 g/mol. The fourth-order valence-electron chi connectivity index (χ4n) is 2.24. The fraction of sp³-hybridized carbons (Fsp3) is 0.417. The largest absolute Gasteiger partial charge is 0.495 e. The number of methoxy groups -OCH3 is 1. The van der Waals surface area contributed by atoms with E-state index >= 15 is 0 Å². The topological polar surface area (TPSA) is 55.6 Å². The van der Waals surface area contributed by atoms with Crippen molar-refractivity contribution in [2.75, 3.05) is 18.6 Å². The number of nitrogens with two attached hydrogens (primary N) is 1. The second kappa shape index (κ2) is 4.84. The molecular formula is C12H15ClN2O2. The second-order valence-corrected chi connectivity index (χ2v) is 4.51. The molecule has 1 aromatic carbocycles. The first-order valence-electron chi connectivity index (χ1n) is 5.53. The molecule has 0 saturated carbocycles. The Kier molecular flexibility index (Phi) is 3.43. The molecule has 1 amide bonds. The lowest BCUT2D eigenvalue weighted by atomic mass is 10.2. The van der Waals surface area contributed by atoms with Crippen LogP contribution < -0.4 is 15.4 Å². The van der Waals surface area contributed by atoms with E-state index in [1.54, 1.807) is 19.2 Å². The summed E-state index contributed by atoms with van der Waals surface area (Å²) in [6.07, 6.45) is 1.73. The van der Waals surface area contributed by atoms with E-state index < -0.39 is 0 Å². The molecule has 1 aromatic rings. The van der Waals surface area contributed by atoms with Gasteiger partial charge < -0.3 is 15.4 Å². The molecule has 1 aliphatic heterocycles. The third kappa shape index (κ3) is 2.31. The predicted molar refractivity (Wildman–Crippen MR) is 67.6 cm³/mol. The molecule has 0 aromatic heterocycles. The smallest absolute Gasteiger partial charge is 0.240 e. The van der Waals surface area contributed by atoms with E-state index in [1.165, 1.54) is 0 Å². The van der Waals surface area contributed by atoms with Gasteiger partial charge in [0.05, 0.1) is 12.8 Å². The van der Waals surface area contributed by atoms with E-state index in [4.69, 9.17) is 22.1 Å². The van der Waals surface area contributed by atoms with Gasteiger partial charge in [-0.2, -0.15) is 0 Å². The van der Waals surface area contributed by atoms with Crippen molar-refractivity contribution in [3.8, 4) is 5.75 Å². The Morgan fingerprint density at radius 3 is 3.00 bits per heavy atom. The summed E-state index contributed by atoms with van der Waals surface area (Å²) in [5.74, 6) is 0.409. The number of nitrogens with zero attached hydrogens (tertiary/aromatic N) is 1. The van der Waals surface area contributed by atoms with E-state index in [9.17, 15) is 4.79 Å². The number of benzene rings is 1. The van der Waals surface area contributed by atoms with Gasteiger partial charge in [-0.1, -0.05) is 11.6 Å². The zero-order valence-corrected chi connectivity index (χ0v) is 10.4. The van der Waals surface area contributed by atoms with E-state index in [0.29, 0.717) is 10.8 Å². The van der Waals surface area contributed by atoms with Gasteiger partial charge in [0.1, 0.15) is 11.8 Å². The normalized spacial score (nSPS) is 19.4. The number of primary amides is 1. The maximum Gasteiger partial charge on any atom is 0.240 e. The first-order chi connectivity index (χ1) is 8.13. The standard InChI is InChI=1S/C12H15ClN2O2/c1-17-11-5-4-8(13)7-10(11)15-6-2-3-9(15)12(14)16/h4-5,7,9H,2-3,6H2,1H3,(H2,14,16)/t9-/m0/s1. The molecule has 2 N–H and O–H groups in total. The van der Waals surface area contributed by atoms with Crippen LogP contribution in [0, 0.1) is 0 Å².